The van der Waals surface area contributed by atoms with E-state index in [1.807, 2.05) is 45.0 Å². The highest BCUT2D eigenvalue weighted by atomic mass is 16.2. The summed E-state index contributed by atoms with van der Waals surface area (Å²) in [4.78, 5) is 24.8. The van der Waals surface area contributed by atoms with Crippen LogP contribution in [0.15, 0.2) is 24.3 Å². The molecular formula is C14H20N2O2. The summed E-state index contributed by atoms with van der Waals surface area (Å²) in [6.45, 7) is 7.27. The molecule has 1 rings (SSSR count). The van der Waals surface area contributed by atoms with Gasteiger partial charge in [0.15, 0.2) is 0 Å². The van der Waals surface area contributed by atoms with E-state index < -0.39 is 0 Å². The molecule has 18 heavy (non-hydrogen) atoms. The lowest BCUT2D eigenvalue weighted by atomic mass is 10.2. The molecule has 0 heterocycles. The number of hydrogen-bond donors (Lipinski definition) is 1. The first-order valence-electron chi connectivity index (χ1n) is 6.04. The fourth-order valence-corrected chi connectivity index (χ4v) is 1.62. The van der Waals surface area contributed by atoms with Crippen molar-refractivity contribution < 1.29 is 9.59 Å². The molecule has 0 atom stereocenters. The van der Waals surface area contributed by atoms with Crippen LogP contribution in [0.1, 0.15) is 26.3 Å². The number of carbonyl (C=O) groups excluding carboxylic acids is 2. The first-order valence-corrected chi connectivity index (χ1v) is 6.04. The molecule has 0 aliphatic rings. The summed E-state index contributed by atoms with van der Waals surface area (Å²) in [7, 11) is 0. The van der Waals surface area contributed by atoms with Gasteiger partial charge in [-0.15, -0.1) is 0 Å². The van der Waals surface area contributed by atoms with Gasteiger partial charge in [0.1, 0.15) is 6.54 Å². The zero-order valence-corrected chi connectivity index (χ0v) is 11.4. The Labute approximate surface area is 108 Å². The van der Waals surface area contributed by atoms with E-state index in [1.165, 1.54) is 11.8 Å². The van der Waals surface area contributed by atoms with Crippen molar-refractivity contribution >= 4 is 17.5 Å². The number of amides is 2. The van der Waals surface area contributed by atoms with Crippen molar-refractivity contribution in [2.24, 2.45) is 0 Å². The molecule has 0 aromatic heterocycles. The number of nitrogens with one attached hydrogen (secondary N) is 1. The molecule has 1 aromatic carbocycles. The minimum atomic E-state index is -0.152. The van der Waals surface area contributed by atoms with E-state index in [1.54, 1.807) is 0 Å². The number of carbonyl (C=O) groups is 2. The van der Waals surface area contributed by atoms with E-state index in [4.69, 9.17) is 0 Å². The minimum absolute atomic E-state index is 0.0522. The molecule has 4 nitrogen and oxygen atoms in total. The standard InChI is InChI=1S/C14H20N2O2/c1-10(2)15-14(18)9-16(12(4)17)13-7-5-11(3)6-8-13/h5-8,10H,9H2,1-4H3,(H,15,18). The third-order valence-corrected chi connectivity index (χ3v) is 2.48. The summed E-state index contributed by atoms with van der Waals surface area (Å²) in [5.74, 6) is -0.293. The van der Waals surface area contributed by atoms with Crippen LogP contribution in [-0.4, -0.2) is 24.4 Å². The summed E-state index contributed by atoms with van der Waals surface area (Å²) in [5.41, 5.74) is 1.86. The molecule has 0 bridgehead atoms. The van der Waals surface area contributed by atoms with E-state index >= 15 is 0 Å². The van der Waals surface area contributed by atoms with Gasteiger partial charge in [-0.25, -0.2) is 0 Å². The highest BCUT2D eigenvalue weighted by Gasteiger charge is 2.15. The first-order chi connectivity index (χ1) is 8.40. The van der Waals surface area contributed by atoms with E-state index in [0.717, 1.165) is 11.3 Å². The number of benzene rings is 1. The lowest BCUT2D eigenvalue weighted by Crippen LogP contribution is -2.42. The van der Waals surface area contributed by atoms with E-state index in [-0.39, 0.29) is 24.4 Å². The summed E-state index contributed by atoms with van der Waals surface area (Å²) in [6.07, 6.45) is 0. The van der Waals surface area contributed by atoms with Gasteiger partial charge in [-0.1, -0.05) is 17.7 Å². The Balaban J connectivity index is 2.80. The molecule has 0 saturated carbocycles. The molecular weight excluding hydrogens is 228 g/mol. The lowest BCUT2D eigenvalue weighted by Gasteiger charge is -2.21. The Morgan fingerprint density at radius 1 is 1.22 bits per heavy atom. The van der Waals surface area contributed by atoms with Crippen molar-refractivity contribution in [1.82, 2.24) is 5.32 Å². The highest BCUT2D eigenvalue weighted by molar-refractivity contribution is 5.97. The molecule has 0 unspecified atom stereocenters. The summed E-state index contributed by atoms with van der Waals surface area (Å²) < 4.78 is 0. The minimum Gasteiger partial charge on any atom is -0.352 e. The molecule has 0 aliphatic heterocycles. The van der Waals surface area contributed by atoms with Crippen molar-refractivity contribution in [1.29, 1.82) is 0 Å². The van der Waals surface area contributed by atoms with Gasteiger partial charge in [-0.2, -0.15) is 0 Å². The van der Waals surface area contributed by atoms with E-state index in [2.05, 4.69) is 5.32 Å². The Kier molecular flexibility index (Phi) is 4.89. The second-order valence-corrected chi connectivity index (χ2v) is 4.66. The number of aryl methyl sites for hydroxylation is 1. The van der Waals surface area contributed by atoms with Crippen LogP contribution in [-0.2, 0) is 9.59 Å². The van der Waals surface area contributed by atoms with Crippen LogP contribution >= 0.6 is 0 Å². The normalized spacial score (nSPS) is 10.3. The summed E-state index contributed by atoms with van der Waals surface area (Å²) in [5, 5.41) is 2.78. The topological polar surface area (TPSA) is 49.4 Å². The Morgan fingerprint density at radius 2 is 1.78 bits per heavy atom. The summed E-state index contributed by atoms with van der Waals surface area (Å²) >= 11 is 0. The fourth-order valence-electron chi connectivity index (χ4n) is 1.62. The maximum Gasteiger partial charge on any atom is 0.240 e. The monoisotopic (exact) mass is 248 g/mol. The summed E-state index contributed by atoms with van der Waals surface area (Å²) in [6, 6.07) is 7.61. The van der Waals surface area contributed by atoms with Gasteiger partial charge in [0.25, 0.3) is 0 Å². The molecule has 0 spiro atoms. The largest absolute Gasteiger partial charge is 0.352 e. The number of nitrogens with zero attached hydrogens (tertiary/aromatic N) is 1. The molecule has 0 fully saturated rings. The maximum absolute atomic E-state index is 11.7. The molecule has 2 amide bonds. The third kappa shape index (κ3) is 4.20. The van der Waals surface area contributed by atoms with Crippen LogP contribution in [0.5, 0.6) is 0 Å². The van der Waals surface area contributed by atoms with Crippen molar-refractivity contribution in [2.45, 2.75) is 33.7 Å². The molecule has 1 N–H and O–H groups in total. The second-order valence-electron chi connectivity index (χ2n) is 4.66. The second kappa shape index (κ2) is 6.19. The Bertz CT molecular complexity index is 424. The van der Waals surface area contributed by atoms with Crippen molar-refractivity contribution in [2.75, 3.05) is 11.4 Å². The highest BCUT2D eigenvalue weighted by Crippen LogP contribution is 2.15. The van der Waals surface area contributed by atoms with Crippen LogP contribution in [0.25, 0.3) is 0 Å². The van der Waals surface area contributed by atoms with Gasteiger partial charge in [0.2, 0.25) is 11.8 Å². The average Bonchev–Trinajstić information content (AvgIpc) is 2.26. The van der Waals surface area contributed by atoms with Gasteiger partial charge in [-0.05, 0) is 32.9 Å². The third-order valence-electron chi connectivity index (χ3n) is 2.48. The molecule has 1 aromatic rings. The fraction of sp³-hybridized carbons (Fsp3) is 0.429. The quantitative estimate of drug-likeness (QED) is 0.884. The van der Waals surface area contributed by atoms with E-state index in [0.29, 0.717) is 0 Å². The van der Waals surface area contributed by atoms with Gasteiger partial charge < -0.3 is 10.2 Å². The smallest absolute Gasteiger partial charge is 0.240 e. The number of anilines is 1. The molecule has 0 saturated heterocycles. The average molecular weight is 248 g/mol. The van der Waals surface area contributed by atoms with Crippen LogP contribution in [0.3, 0.4) is 0 Å². The zero-order chi connectivity index (χ0) is 13.7. The van der Waals surface area contributed by atoms with Crippen LogP contribution in [0.4, 0.5) is 5.69 Å². The van der Waals surface area contributed by atoms with Crippen LogP contribution in [0.2, 0.25) is 0 Å². The van der Waals surface area contributed by atoms with Crippen LogP contribution in [0, 0.1) is 6.92 Å². The van der Waals surface area contributed by atoms with Crippen molar-refractivity contribution in [3.63, 3.8) is 0 Å². The van der Waals surface area contributed by atoms with Crippen molar-refractivity contribution in [3.05, 3.63) is 29.8 Å². The van der Waals surface area contributed by atoms with Gasteiger partial charge >= 0.3 is 0 Å². The van der Waals surface area contributed by atoms with Crippen LogP contribution < -0.4 is 10.2 Å². The van der Waals surface area contributed by atoms with Gasteiger partial charge in [0.05, 0.1) is 0 Å². The van der Waals surface area contributed by atoms with Gasteiger partial charge in [-0.3, -0.25) is 9.59 Å². The lowest BCUT2D eigenvalue weighted by molar-refractivity contribution is -0.123. The SMILES string of the molecule is CC(=O)N(CC(=O)NC(C)C)c1ccc(C)cc1. The maximum atomic E-state index is 11.7. The Hall–Kier alpha value is -1.84. The zero-order valence-electron chi connectivity index (χ0n) is 11.4. The Morgan fingerprint density at radius 3 is 2.22 bits per heavy atom. The molecule has 0 aliphatic carbocycles. The van der Waals surface area contributed by atoms with Gasteiger partial charge in [0, 0.05) is 18.7 Å². The predicted molar refractivity (Wildman–Crippen MR) is 72.5 cm³/mol. The number of rotatable bonds is 4. The first kappa shape index (κ1) is 14.2. The number of hydrogen-bond acceptors (Lipinski definition) is 2. The molecule has 98 valence electrons. The molecule has 0 radical (unpaired) electrons. The predicted octanol–water partition coefficient (Wildman–Crippen LogP) is 1.87. The molecule has 4 heteroatoms. The van der Waals surface area contributed by atoms with E-state index in [9.17, 15) is 9.59 Å². The van der Waals surface area contributed by atoms with Crippen molar-refractivity contribution in [3.8, 4) is 0 Å².